The molecule has 1 N–H and O–H groups in total. The average Bonchev–Trinajstić information content (AvgIpc) is 3.17. The Morgan fingerprint density at radius 1 is 1.30 bits per heavy atom. The fraction of sp³-hybridized carbons (Fsp3) is 0.235. The molecule has 0 aliphatic carbocycles. The molecule has 0 saturated heterocycles. The Labute approximate surface area is 136 Å². The predicted octanol–water partition coefficient (Wildman–Crippen LogP) is 3.14. The highest BCUT2D eigenvalue weighted by Crippen LogP contribution is 2.21. The maximum atomic E-state index is 12.2. The Balaban J connectivity index is 1.64. The Hall–Kier alpha value is -2.47. The molecule has 0 saturated carbocycles. The molecule has 3 heterocycles. The number of aromatic amines is 1. The molecule has 0 bridgehead atoms. The molecule has 0 atom stereocenters. The molecule has 4 rings (SSSR count). The molecule has 0 amide bonds. The second kappa shape index (κ2) is 5.62. The van der Waals surface area contributed by atoms with Gasteiger partial charge < -0.3 is 9.55 Å². The summed E-state index contributed by atoms with van der Waals surface area (Å²) in [5, 5.41) is 0.698. The topological polar surface area (TPSA) is 63.6 Å². The van der Waals surface area contributed by atoms with Crippen LogP contribution in [0.25, 0.3) is 21.3 Å². The molecule has 4 aromatic rings. The van der Waals surface area contributed by atoms with E-state index in [0.29, 0.717) is 11.8 Å². The van der Waals surface area contributed by atoms with Crippen molar-refractivity contribution in [3.05, 3.63) is 57.7 Å². The molecule has 1 aromatic carbocycles. The Kier molecular flexibility index (Phi) is 3.46. The normalized spacial score (nSPS) is 11.5. The van der Waals surface area contributed by atoms with Crippen molar-refractivity contribution in [3.8, 4) is 0 Å². The minimum absolute atomic E-state index is 0.0450. The van der Waals surface area contributed by atoms with E-state index in [-0.39, 0.29) is 5.56 Å². The van der Waals surface area contributed by atoms with Crippen molar-refractivity contribution in [3.63, 3.8) is 0 Å². The maximum absolute atomic E-state index is 12.2. The van der Waals surface area contributed by atoms with Crippen LogP contribution < -0.4 is 5.56 Å². The monoisotopic (exact) mass is 324 g/mol. The highest BCUT2D eigenvalue weighted by Gasteiger charge is 2.09. The first-order valence-corrected chi connectivity index (χ1v) is 8.47. The fourth-order valence-electron chi connectivity index (χ4n) is 2.73. The number of aromatic nitrogens is 4. The summed E-state index contributed by atoms with van der Waals surface area (Å²) >= 11 is 1.60. The minimum Gasteiger partial charge on any atom is -0.330 e. The van der Waals surface area contributed by atoms with Crippen molar-refractivity contribution in [1.82, 2.24) is 19.5 Å². The standard InChI is InChI=1S/C17H16N4OS/c1-2-11-9-12-16(22)19-15(20-17(12)23-11)7-8-21-10-18-13-5-3-4-6-14(13)21/h3-6,9-10H,2,7-8H2,1H3,(H,19,20,22). The van der Waals surface area contributed by atoms with Gasteiger partial charge >= 0.3 is 0 Å². The van der Waals surface area contributed by atoms with Gasteiger partial charge in [-0.15, -0.1) is 11.3 Å². The summed E-state index contributed by atoms with van der Waals surface area (Å²) in [7, 11) is 0. The first kappa shape index (κ1) is 14.1. The maximum Gasteiger partial charge on any atom is 0.259 e. The lowest BCUT2D eigenvalue weighted by atomic mass is 10.3. The molecular weight excluding hydrogens is 308 g/mol. The number of nitrogens with one attached hydrogen (secondary N) is 1. The van der Waals surface area contributed by atoms with E-state index in [9.17, 15) is 4.79 Å². The predicted molar refractivity (Wildman–Crippen MR) is 93.1 cm³/mol. The number of rotatable bonds is 4. The van der Waals surface area contributed by atoms with Crippen LogP contribution in [-0.4, -0.2) is 19.5 Å². The molecular formula is C17H16N4OS. The number of imidazole rings is 1. The van der Waals surface area contributed by atoms with Crippen LogP contribution in [0.4, 0.5) is 0 Å². The van der Waals surface area contributed by atoms with Crippen molar-refractivity contribution in [1.29, 1.82) is 0 Å². The minimum atomic E-state index is -0.0450. The number of thiophene rings is 1. The zero-order chi connectivity index (χ0) is 15.8. The lowest BCUT2D eigenvalue weighted by molar-refractivity contribution is 0.689. The van der Waals surface area contributed by atoms with Gasteiger partial charge in [-0.05, 0) is 24.6 Å². The second-order valence-corrected chi connectivity index (χ2v) is 6.59. The van der Waals surface area contributed by atoms with Crippen LogP contribution in [0, 0.1) is 0 Å². The first-order valence-electron chi connectivity index (χ1n) is 7.66. The van der Waals surface area contributed by atoms with Gasteiger partial charge in [0.15, 0.2) is 0 Å². The van der Waals surface area contributed by atoms with Crippen molar-refractivity contribution < 1.29 is 0 Å². The smallest absolute Gasteiger partial charge is 0.259 e. The van der Waals surface area contributed by atoms with Gasteiger partial charge in [0.25, 0.3) is 5.56 Å². The molecule has 6 heteroatoms. The largest absolute Gasteiger partial charge is 0.330 e. The van der Waals surface area contributed by atoms with Crippen LogP contribution in [0.15, 0.2) is 41.5 Å². The van der Waals surface area contributed by atoms with Crippen LogP contribution in [0.5, 0.6) is 0 Å². The van der Waals surface area contributed by atoms with Crippen LogP contribution >= 0.6 is 11.3 Å². The van der Waals surface area contributed by atoms with Gasteiger partial charge in [0.1, 0.15) is 10.7 Å². The number of hydrogen-bond donors (Lipinski definition) is 1. The molecule has 0 fully saturated rings. The number of H-pyrrole nitrogens is 1. The van der Waals surface area contributed by atoms with Crippen molar-refractivity contribution in [2.75, 3.05) is 0 Å². The third-order valence-electron chi connectivity index (χ3n) is 3.97. The molecule has 5 nitrogen and oxygen atoms in total. The first-order chi connectivity index (χ1) is 11.2. The van der Waals surface area contributed by atoms with E-state index in [1.165, 1.54) is 4.88 Å². The molecule has 116 valence electrons. The van der Waals surface area contributed by atoms with Crippen molar-refractivity contribution >= 4 is 32.6 Å². The summed E-state index contributed by atoms with van der Waals surface area (Å²) in [6.07, 6.45) is 3.43. The second-order valence-electron chi connectivity index (χ2n) is 5.47. The van der Waals surface area contributed by atoms with Crippen LogP contribution in [0.1, 0.15) is 17.6 Å². The summed E-state index contributed by atoms with van der Waals surface area (Å²) in [6, 6.07) is 9.97. The number of nitrogens with zero attached hydrogens (tertiary/aromatic N) is 3. The highest BCUT2D eigenvalue weighted by atomic mass is 32.1. The molecule has 0 radical (unpaired) electrons. The zero-order valence-electron chi connectivity index (χ0n) is 12.7. The number of aryl methyl sites for hydroxylation is 3. The summed E-state index contributed by atoms with van der Waals surface area (Å²) in [6.45, 7) is 2.82. The van der Waals surface area contributed by atoms with Gasteiger partial charge in [-0.3, -0.25) is 4.79 Å². The van der Waals surface area contributed by atoms with Crippen LogP contribution in [0.2, 0.25) is 0 Å². The Morgan fingerprint density at radius 2 is 2.17 bits per heavy atom. The summed E-state index contributed by atoms with van der Waals surface area (Å²) < 4.78 is 2.09. The molecule has 0 aliphatic rings. The number of fused-ring (bicyclic) bond motifs is 2. The lowest BCUT2D eigenvalue weighted by Crippen LogP contribution is -2.12. The van der Waals surface area contributed by atoms with E-state index < -0.39 is 0 Å². The van der Waals surface area contributed by atoms with E-state index in [0.717, 1.165) is 34.7 Å². The van der Waals surface area contributed by atoms with Gasteiger partial charge in [-0.2, -0.15) is 0 Å². The molecule has 23 heavy (non-hydrogen) atoms. The SMILES string of the molecule is CCc1cc2c(=O)[nH]c(CCn3cnc4ccccc43)nc2s1. The third kappa shape index (κ3) is 2.55. The van der Waals surface area contributed by atoms with E-state index in [1.807, 2.05) is 30.6 Å². The van der Waals surface area contributed by atoms with E-state index in [2.05, 4.69) is 32.5 Å². The van der Waals surface area contributed by atoms with Crippen molar-refractivity contribution in [2.24, 2.45) is 0 Å². The molecule has 0 unspecified atom stereocenters. The highest BCUT2D eigenvalue weighted by molar-refractivity contribution is 7.18. The third-order valence-corrected chi connectivity index (χ3v) is 5.14. The Bertz CT molecular complexity index is 1040. The number of benzene rings is 1. The van der Waals surface area contributed by atoms with E-state index in [4.69, 9.17) is 0 Å². The summed E-state index contributed by atoms with van der Waals surface area (Å²) in [4.78, 5) is 26.1. The number of para-hydroxylation sites is 2. The molecule has 3 aromatic heterocycles. The summed E-state index contributed by atoms with van der Waals surface area (Å²) in [5.74, 6) is 0.727. The lowest BCUT2D eigenvalue weighted by Gasteiger charge is -2.04. The Morgan fingerprint density at radius 3 is 3.04 bits per heavy atom. The zero-order valence-corrected chi connectivity index (χ0v) is 13.6. The fourth-order valence-corrected chi connectivity index (χ4v) is 3.72. The van der Waals surface area contributed by atoms with Gasteiger partial charge in [0.05, 0.1) is 22.7 Å². The van der Waals surface area contributed by atoms with Crippen LogP contribution in [0.3, 0.4) is 0 Å². The summed E-state index contributed by atoms with van der Waals surface area (Å²) in [5.41, 5.74) is 2.03. The van der Waals surface area contributed by atoms with E-state index in [1.54, 1.807) is 11.3 Å². The molecule has 0 aliphatic heterocycles. The average molecular weight is 324 g/mol. The van der Waals surface area contributed by atoms with Crippen molar-refractivity contribution in [2.45, 2.75) is 26.3 Å². The van der Waals surface area contributed by atoms with E-state index >= 15 is 0 Å². The number of hydrogen-bond acceptors (Lipinski definition) is 4. The van der Waals surface area contributed by atoms with Gasteiger partial charge in [0, 0.05) is 17.8 Å². The quantitative estimate of drug-likeness (QED) is 0.627. The molecule has 0 spiro atoms. The van der Waals surface area contributed by atoms with Gasteiger partial charge in [0.2, 0.25) is 0 Å². The van der Waals surface area contributed by atoms with Gasteiger partial charge in [-0.25, -0.2) is 9.97 Å². The van der Waals surface area contributed by atoms with Gasteiger partial charge in [-0.1, -0.05) is 19.1 Å². The van der Waals surface area contributed by atoms with Crippen LogP contribution in [-0.2, 0) is 19.4 Å².